The molecule has 0 radical (unpaired) electrons. The molecule has 0 atom stereocenters. The number of benzene rings is 1. The zero-order chi connectivity index (χ0) is 12.9. The molecule has 6 heteroatoms. The fraction of sp³-hybridized carbons (Fsp3) is 0.182. The number of hydrogen-bond donors (Lipinski definition) is 1. The third kappa shape index (κ3) is 3.31. The van der Waals surface area contributed by atoms with E-state index in [1.807, 2.05) is 0 Å². The molecule has 0 saturated heterocycles. The van der Waals surface area contributed by atoms with E-state index >= 15 is 0 Å². The topological polar surface area (TPSA) is 72.5 Å². The van der Waals surface area contributed by atoms with Crippen LogP contribution in [0.25, 0.3) is 0 Å². The zero-order valence-electron chi connectivity index (χ0n) is 9.14. The molecular formula is C11H11NO4S. The van der Waals surface area contributed by atoms with Crippen LogP contribution >= 0.6 is 0 Å². The number of ether oxygens (including phenoxy) is 1. The van der Waals surface area contributed by atoms with E-state index in [1.165, 1.54) is 31.4 Å². The number of esters is 1. The summed E-state index contributed by atoms with van der Waals surface area (Å²) in [6.07, 6.45) is 4.96. The van der Waals surface area contributed by atoms with Gasteiger partial charge < -0.3 is 4.74 Å². The summed E-state index contributed by atoms with van der Waals surface area (Å²) in [4.78, 5) is 11.2. The van der Waals surface area contributed by atoms with Crippen molar-refractivity contribution < 1.29 is 17.9 Å². The summed E-state index contributed by atoms with van der Waals surface area (Å²) in [7, 11) is -2.36. The molecule has 1 rings (SSSR count). The third-order valence-corrected chi connectivity index (χ3v) is 3.37. The molecule has 1 N–H and O–H groups in total. The van der Waals surface area contributed by atoms with Gasteiger partial charge in [-0.25, -0.2) is 13.2 Å². The number of methoxy groups -OCH3 is 1. The van der Waals surface area contributed by atoms with Gasteiger partial charge in [-0.1, -0.05) is 5.92 Å². The average Bonchev–Trinajstić information content (AvgIpc) is 2.35. The Hall–Kier alpha value is -1.84. The Bertz CT molecular complexity index is 540. The molecule has 0 fully saturated rings. The van der Waals surface area contributed by atoms with E-state index in [-0.39, 0.29) is 17.0 Å². The van der Waals surface area contributed by atoms with Crippen molar-refractivity contribution in [1.82, 2.24) is 4.72 Å². The molecule has 0 aliphatic rings. The minimum atomic E-state index is -3.62. The number of terminal acetylenes is 1. The number of rotatable bonds is 4. The van der Waals surface area contributed by atoms with Gasteiger partial charge in [0.05, 0.1) is 24.1 Å². The maximum Gasteiger partial charge on any atom is 0.337 e. The Morgan fingerprint density at radius 2 is 2.00 bits per heavy atom. The first-order valence-corrected chi connectivity index (χ1v) is 6.11. The number of carbonyl (C=O) groups is 1. The fourth-order valence-electron chi connectivity index (χ4n) is 1.11. The number of nitrogens with one attached hydrogen (secondary N) is 1. The van der Waals surface area contributed by atoms with E-state index in [0.29, 0.717) is 0 Å². The summed E-state index contributed by atoms with van der Waals surface area (Å²) in [6.45, 7) is -0.0823. The van der Waals surface area contributed by atoms with E-state index in [1.54, 1.807) is 0 Å². The lowest BCUT2D eigenvalue weighted by molar-refractivity contribution is 0.0600. The third-order valence-electron chi connectivity index (χ3n) is 1.95. The number of sulfonamides is 1. The van der Waals surface area contributed by atoms with Gasteiger partial charge in [0, 0.05) is 0 Å². The summed E-state index contributed by atoms with van der Waals surface area (Å²) in [5, 5.41) is 0. The predicted octanol–water partition coefficient (Wildman–Crippen LogP) is 0.385. The molecule has 1 aromatic rings. The van der Waals surface area contributed by atoms with Crippen LogP contribution in [0.5, 0.6) is 0 Å². The van der Waals surface area contributed by atoms with Crippen molar-refractivity contribution in [2.24, 2.45) is 0 Å². The minimum absolute atomic E-state index is 0.0420. The van der Waals surface area contributed by atoms with Crippen LogP contribution in [0.2, 0.25) is 0 Å². The highest BCUT2D eigenvalue weighted by Crippen LogP contribution is 2.10. The highest BCUT2D eigenvalue weighted by Gasteiger charge is 2.13. The first-order valence-electron chi connectivity index (χ1n) is 4.63. The Kier molecular flexibility index (Phi) is 4.26. The quantitative estimate of drug-likeness (QED) is 0.622. The highest BCUT2D eigenvalue weighted by atomic mass is 32.2. The van der Waals surface area contributed by atoms with Crippen LogP contribution in [-0.4, -0.2) is 28.0 Å². The van der Waals surface area contributed by atoms with Crippen molar-refractivity contribution in [1.29, 1.82) is 0 Å². The van der Waals surface area contributed by atoms with E-state index in [9.17, 15) is 13.2 Å². The van der Waals surface area contributed by atoms with Gasteiger partial charge >= 0.3 is 5.97 Å². The van der Waals surface area contributed by atoms with E-state index in [0.717, 1.165) is 0 Å². The molecule has 0 aliphatic carbocycles. The van der Waals surface area contributed by atoms with Gasteiger partial charge in [-0.05, 0) is 24.3 Å². The molecule has 0 aromatic heterocycles. The van der Waals surface area contributed by atoms with Crippen LogP contribution in [0.15, 0.2) is 29.2 Å². The van der Waals surface area contributed by atoms with Crippen molar-refractivity contribution in [3.63, 3.8) is 0 Å². The highest BCUT2D eigenvalue weighted by molar-refractivity contribution is 7.89. The van der Waals surface area contributed by atoms with E-state index < -0.39 is 16.0 Å². The molecule has 17 heavy (non-hydrogen) atoms. The second kappa shape index (κ2) is 5.48. The van der Waals surface area contributed by atoms with Crippen molar-refractivity contribution in [2.75, 3.05) is 13.7 Å². The van der Waals surface area contributed by atoms with Crippen LogP contribution in [0.4, 0.5) is 0 Å². The van der Waals surface area contributed by atoms with Crippen molar-refractivity contribution in [3.05, 3.63) is 29.8 Å². The minimum Gasteiger partial charge on any atom is -0.465 e. The van der Waals surface area contributed by atoms with Crippen LogP contribution in [-0.2, 0) is 14.8 Å². The molecule has 0 saturated carbocycles. The molecule has 0 amide bonds. The van der Waals surface area contributed by atoms with Crippen molar-refractivity contribution in [2.45, 2.75) is 4.90 Å². The predicted molar refractivity (Wildman–Crippen MR) is 61.8 cm³/mol. The Morgan fingerprint density at radius 1 is 1.41 bits per heavy atom. The maximum atomic E-state index is 11.6. The van der Waals surface area contributed by atoms with Crippen LogP contribution in [0, 0.1) is 12.3 Å². The standard InChI is InChI=1S/C11H11NO4S/c1-3-8-12-17(14,15)10-6-4-9(5-7-10)11(13)16-2/h1,4-7,12H,8H2,2H3. The lowest BCUT2D eigenvalue weighted by atomic mass is 10.2. The first kappa shape index (κ1) is 13.2. The smallest absolute Gasteiger partial charge is 0.337 e. The van der Waals surface area contributed by atoms with Crippen LogP contribution in [0.3, 0.4) is 0 Å². The summed E-state index contributed by atoms with van der Waals surface area (Å²) < 4.78 is 29.9. The van der Waals surface area contributed by atoms with Gasteiger partial charge in [-0.3, -0.25) is 0 Å². The van der Waals surface area contributed by atoms with Gasteiger partial charge in [0.2, 0.25) is 10.0 Å². The average molecular weight is 253 g/mol. The molecule has 0 spiro atoms. The monoisotopic (exact) mass is 253 g/mol. The molecule has 5 nitrogen and oxygen atoms in total. The molecule has 0 unspecified atom stereocenters. The summed E-state index contributed by atoms with van der Waals surface area (Å²) >= 11 is 0. The largest absolute Gasteiger partial charge is 0.465 e. The van der Waals surface area contributed by atoms with Gasteiger partial charge in [0.15, 0.2) is 0 Å². The SMILES string of the molecule is C#CCNS(=O)(=O)c1ccc(C(=O)OC)cc1. The zero-order valence-corrected chi connectivity index (χ0v) is 9.95. The van der Waals surface area contributed by atoms with Crippen LogP contribution < -0.4 is 4.72 Å². The number of hydrogen-bond acceptors (Lipinski definition) is 4. The molecule has 0 bridgehead atoms. The molecular weight excluding hydrogens is 242 g/mol. The van der Waals surface area contributed by atoms with Crippen molar-refractivity contribution >= 4 is 16.0 Å². The van der Waals surface area contributed by atoms with Gasteiger partial charge in [0.1, 0.15) is 0 Å². The molecule has 90 valence electrons. The van der Waals surface area contributed by atoms with Gasteiger partial charge in [-0.2, -0.15) is 4.72 Å². The normalized spacial score (nSPS) is 10.6. The van der Waals surface area contributed by atoms with Gasteiger partial charge in [-0.15, -0.1) is 6.42 Å². The van der Waals surface area contributed by atoms with Gasteiger partial charge in [0.25, 0.3) is 0 Å². The fourth-order valence-corrected chi connectivity index (χ4v) is 2.04. The lowest BCUT2D eigenvalue weighted by Gasteiger charge is -2.04. The first-order chi connectivity index (χ1) is 8.01. The van der Waals surface area contributed by atoms with E-state index in [2.05, 4.69) is 15.4 Å². The second-order valence-electron chi connectivity index (χ2n) is 3.04. The maximum absolute atomic E-state index is 11.6. The van der Waals surface area contributed by atoms with E-state index in [4.69, 9.17) is 6.42 Å². The molecule has 0 aliphatic heterocycles. The Morgan fingerprint density at radius 3 is 2.47 bits per heavy atom. The molecule has 1 aromatic carbocycles. The lowest BCUT2D eigenvalue weighted by Crippen LogP contribution is -2.23. The second-order valence-corrected chi connectivity index (χ2v) is 4.81. The summed E-state index contributed by atoms with van der Waals surface area (Å²) in [6, 6.07) is 5.36. The summed E-state index contributed by atoms with van der Waals surface area (Å²) in [5.74, 6) is 1.65. The Balaban J connectivity index is 2.95. The Labute approximate surface area is 99.8 Å². The molecule has 0 heterocycles. The van der Waals surface area contributed by atoms with Crippen LogP contribution in [0.1, 0.15) is 10.4 Å². The van der Waals surface area contributed by atoms with Crippen molar-refractivity contribution in [3.8, 4) is 12.3 Å². The number of carbonyl (C=O) groups excluding carboxylic acids is 1. The summed E-state index contributed by atoms with van der Waals surface area (Å²) in [5.41, 5.74) is 0.281.